The van der Waals surface area contributed by atoms with Crippen molar-refractivity contribution in [3.8, 4) is 39.1 Å². The van der Waals surface area contributed by atoms with Crippen LogP contribution in [0.15, 0.2) is 121 Å². The second-order valence-corrected chi connectivity index (χ2v) is 36.6. The SMILES string of the molecule is CN(C)C1Cc2ccc(C3CCCCC3)[c]([Sn]([CH3])([CH3])[CH3])c2C1=O.COc1cc(-c2cccc3ccccc23)c2c(c1-c1ccccc1)CC(C)C2=O.Cc1c(C)c2c(c(-c3ccccc3)c1C)C(=O)C(C)C2. The van der Waals surface area contributed by atoms with Gasteiger partial charge in [-0.05, 0) is 106 Å². The van der Waals surface area contributed by atoms with Crippen LogP contribution in [0.25, 0.3) is 44.2 Å². The van der Waals surface area contributed by atoms with Gasteiger partial charge in [-0.15, -0.1) is 0 Å². The number of rotatable bonds is 7. The summed E-state index contributed by atoms with van der Waals surface area (Å²) in [5.74, 6) is 2.55. The maximum atomic E-state index is 13.3. The summed E-state index contributed by atoms with van der Waals surface area (Å²) in [4.78, 5) is 48.5. The number of hydrogen-bond donors (Lipinski definition) is 0. The molecule has 4 aliphatic rings. The standard InChI is InChI=1S/C27H22O2.C19H20O.C17H22NO.3CH3.Sn/c1-17-15-23-25(19-10-4-3-5-11-19)24(29-2)16-22(26(23)27(17)28)21-14-8-12-18-9-6-7-13-20(18)21;1-11-10-16-13(3)12(2)14(4)17(18(16)19(11)20)15-8-6-5-7-9-15;1-18(2)16-11-14-9-8-13(10-15(14)17(16)19)12-6-4-3-5-7-12;;;;/h3-14,16-17H,15H2,1-2H3;5-9,11H,10H2,1-4H3;8-9,12,16H,3-7,11H2,1-2H3;3*1H3;. The van der Waals surface area contributed by atoms with Crippen molar-refractivity contribution in [1.29, 1.82) is 0 Å². The molecule has 72 heavy (non-hydrogen) atoms. The number of carbonyl (C=O) groups excluding carboxylic acids is 3. The van der Waals surface area contributed by atoms with Crippen LogP contribution in [0.2, 0.25) is 14.8 Å². The molecule has 0 radical (unpaired) electrons. The Morgan fingerprint density at radius 1 is 0.542 bits per heavy atom. The quantitative estimate of drug-likeness (QED) is 0.149. The summed E-state index contributed by atoms with van der Waals surface area (Å²) >= 11 is -2.38. The van der Waals surface area contributed by atoms with E-state index >= 15 is 0 Å². The normalized spacial score (nSPS) is 18.3. The van der Waals surface area contributed by atoms with E-state index in [-0.39, 0.29) is 23.7 Å². The molecule has 3 unspecified atom stereocenters. The molecule has 7 aromatic carbocycles. The molecule has 0 spiro atoms. The van der Waals surface area contributed by atoms with Gasteiger partial charge in [0.05, 0.1) is 7.11 Å². The fourth-order valence-corrected chi connectivity index (χ4v) is 18.8. The summed E-state index contributed by atoms with van der Waals surface area (Å²) in [5, 5.41) is 2.32. The molecule has 7 aromatic rings. The van der Waals surface area contributed by atoms with Crippen LogP contribution in [0.3, 0.4) is 0 Å². The first-order valence-corrected chi connectivity index (χ1v) is 36.4. The van der Waals surface area contributed by atoms with Crippen LogP contribution in [0.4, 0.5) is 0 Å². The molecule has 0 N–H and O–H groups in total. The third-order valence-corrected chi connectivity index (χ3v) is 22.3. The van der Waals surface area contributed by atoms with Crippen molar-refractivity contribution < 1.29 is 19.1 Å². The Morgan fingerprint density at radius 2 is 1.12 bits per heavy atom. The van der Waals surface area contributed by atoms with Gasteiger partial charge in [-0.2, -0.15) is 0 Å². The van der Waals surface area contributed by atoms with Crippen molar-refractivity contribution in [3.63, 3.8) is 0 Å². The Bertz CT molecular complexity index is 3210. The van der Waals surface area contributed by atoms with Crippen LogP contribution in [-0.4, -0.2) is 67.9 Å². The second kappa shape index (κ2) is 21.1. The number of carbonyl (C=O) groups is 3. The van der Waals surface area contributed by atoms with Crippen LogP contribution < -0.4 is 8.32 Å². The van der Waals surface area contributed by atoms with Crippen molar-refractivity contribution in [2.24, 2.45) is 11.8 Å². The number of nitrogens with zero attached hydrogens (tertiary/aromatic N) is 1. The zero-order valence-electron chi connectivity index (χ0n) is 44.6. The van der Waals surface area contributed by atoms with Gasteiger partial charge in [0.2, 0.25) is 0 Å². The van der Waals surface area contributed by atoms with E-state index in [9.17, 15) is 14.4 Å². The molecule has 6 heteroatoms. The summed E-state index contributed by atoms with van der Waals surface area (Å²) in [5.41, 5.74) is 18.6. The van der Waals surface area contributed by atoms with Crippen LogP contribution in [0.1, 0.15) is 122 Å². The summed E-state index contributed by atoms with van der Waals surface area (Å²) in [7, 11) is 5.79. The number of benzene rings is 7. The minimum Gasteiger partial charge on any atom is -0.496 e. The molecular formula is C66H73NO4Sn. The maximum absolute atomic E-state index is 13.3. The van der Waals surface area contributed by atoms with Gasteiger partial charge in [0, 0.05) is 28.5 Å². The predicted octanol–water partition coefficient (Wildman–Crippen LogP) is 15.2. The van der Waals surface area contributed by atoms with E-state index in [1.54, 1.807) is 16.3 Å². The Hall–Kier alpha value is -5.63. The minimum atomic E-state index is -2.38. The number of likely N-dealkylation sites (N-methyl/N-ethyl adjacent to an activating group) is 1. The van der Waals surface area contributed by atoms with Gasteiger partial charge in [-0.1, -0.05) is 117 Å². The third kappa shape index (κ3) is 9.57. The molecule has 0 saturated heterocycles. The minimum absolute atomic E-state index is 0.0201. The molecule has 4 aliphatic carbocycles. The first-order valence-electron chi connectivity index (χ1n) is 26.4. The van der Waals surface area contributed by atoms with E-state index in [1.807, 2.05) is 76.5 Å². The van der Waals surface area contributed by atoms with E-state index in [0.717, 1.165) is 86.0 Å². The molecule has 0 amide bonds. The van der Waals surface area contributed by atoms with E-state index < -0.39 is 18.4 Å². The monoisotopic (exact) mass is 1060 g/mol. The number of ketones is 3. The maximum Gasteiger partial charge on any atom is 0.166 e. The summed E-state index contributed by atoms with van der Waals surface area (Å²) < 4.78 is 7.41. The number of methoxy groups -OCH3 is 1. The fraction of sp³-hybridized carbons (Fsp3) is 0.348. The van der Waals surface area contributed by atoms with Crippen molar-refractivity contribution in [3.05, 3.63) is 177 Å². The molecule has 5 nitrogen and oxygen atoms in total. The number of ether oxygens (including phenoxy) is 1. The zero-order valence-corrected chi connectivity index (χ0v) is 47.4. The van der Waals surface area contributed by atoms with E-state index in [1.165, 1.54) is 65.3 Å². The van der Waals surface area contributed by atoms with Gasteiger partial charge in [0.1, 0.15) is 5.75 Å². The van der Waals surface area contributed by atoms with Gasteiger partial charge in [0.15, 0.2) is 11.6 Å². The Labute approximate surface area is 433 Å². The molecule has 11 rings (SSSR count). The average molecular weight is 1060 g/mol. The van der Waals surface area contributed by atoms with Crippen molar-refractivity contribution in [2.75, 3.05) is 21.2 Å². The van der Waals surface area contributed by atoms with Gasteiger partial charge < -0.3 is 4.74 Å². The van der Waals surface area contributed by atoms with Gasteiger partial charge >= 0.3 is 146 Å². The van der Waals surface area contributed by atoms with Crippen molar-refractivity contribution >= 4 is 50.1 Å². The molecular weight excluding hydrogens is 989 g/mol. The number of hydrogen-bond acceptors (Lipinski definition) is 5. The van der Waals surface area contributed by atoms with Gasteiger partial charge in [-0.3, -0.25) is 9.59 Å². The number of fused-ring (bicyclic) bond motifs is 4. The third-order valence-electron chi connectivity index (χ3n) is 16.4. The Morgan fingerprint density at radius 3 is 1.75 bits per heavy atom. The second-order valence-electron chi connectivity index (χ2n) is 22.4. The molecule has 0 aliphatic heterocycles. The average Bonchev–Trinajstić information content (AvgIpc) is 4.00. The van der Waals surface area contributed by atoms with Crippen molar-refractivity contribution in [1.82, 2.24) is 4.90 Å². The van der Waals surface area contributed by atoms with Gasteiger partial charge in [-0.25, -0.2) is 0 Å². The molecule has 0 bridgehead atoms. The number of Topliss-reactive ketones (excluding diaryl/α,β-unsaturated/α-hetero) is 3. The summed E-state index contributed by atoms with van der Waals surface area (Å²) in [6.07, 6.45) is 9.27. The summed E-state index contributed by atoms with van der Waals surface area (Å²) in [6.45, 7) is 10.5. The Balaban J connectivity index is 0.000000136. The molecule has 0 aromatic heterocycles. The van der Waals surface area contributed by atoms with Crippen LogP contribution >= 0.6 is 0 Å². The topological polar surface area (TPSA) is 63.7 Å². The molecule has 1 saturated carbocycles. The van der Waals surface area contributed by atoms with E-state index in [4.69, 9.17) is 4.74 Å². The first kappa shape index (κ1) is 51.3. The molecule has 370 valence electrons. The smallest absolute Gasteiger partial charge is 0.166 e. The molecule has 0 heterocycles. The van der Waals surface area contributed by atoms with Crippen LogP contribution in [0, 0.1) is 32.6 Å². The van der Waals surface area contributed by atoms with E-state index in [0.29, 0.717) is 17.5 Å². The first-order chi connectivity index (χ1) is 34.5. The van der Waals surface area contributed by atoms with Crippen LogP contribution in [0.5, 0.6) is 5.75 Å². The van der Waals surface area contributed by atoms with Crippen LogP contribution in [-0.2, 0) is 19.3 Å². The fourth-order valence-electron chi connectivity index (χ4n) is 12.5. The van der Waals surface area contributed by atoms with E-state index in [2.05, 4.69) is 113 Å². The predicted molar refractivity (Wildman–Crippen MR) is 303 cm³/mol. The summed E-state index contributed by atoms with van der Waals surface area (Å²) in [6, 6.07) is 41.9. The Kier molecular flexibility index (Phi) is 15.0. The molecule has 3 atom stereocenters. The van der Waals surface area contributed by atoms with Gasteiger partial charge in [0.25, 0.3) is 0 Å². The zero-order chi connectivity index (χ0) is 51.2. The molecule has 1 fully saturated rings. The van der Waals surface area contributed by atoms with Crippen molar-refractivity contribution in [2.45, 2.75) is 113 Å². The largest absolute Gasteiger partial charge is 0.496 e.